The van der Waals surface area contributed by atoms with E-state index in [9.17, 15) is 13.2 Å². The first kappa shape index (κ1) is 23.3. The maximum Gasteiger partial charge on any atom is 0.211 e. The molecule has 7 nitrogen and oxygen atoms in total. The van der Waals surface area contributed by atoms with Crippen LogP contribution in [0.1, 0.15) is 13.3 Å². The fraction of sp³-hybridized carbons (Fsp3) is 0.375. The quantitative estimate of drug-likeness (QED) is 0.548. The van der Waals surface area contributed by atoms with Gasteiger partial charge in [-0.1, -0.05) is 6.92 Å². The molecule has 1 saturated heterocycles. The van der Waals surface area contributed by atoms with Crippen molar-refractivity contribution >= 4 is 26.4 Å². The molecule has 0 bridgehead atoms. The smallest absolute Gasteiger partial charge is 0.211 e. The molecule has 0 amide bonds. The third-order valence-electron chi connectivity index (χ3n) is 6.14. The molecular weight excluding hydrogens is 445 g/mol. The average Bonchev–Trinajstić information content (AvgIpc) is 2.82. The highest BCUT2D eigenvalue weighted by Crippen LogP contribution is 2.28. The Balaban J connectivity index is 1.75. The van der Waals surface area contributed by atoms with Crippen LogP contribution in [0.25, 0.3) is 10.9 Å². The number of hydrogen-bond acceptors (Lipinski definition) is 6. The summed E-state index contributed by atoms with van der Waals surface area (Å²) in [4.78, 5) is 17.1. The topological polar surface area (TPSA) is 71.8 Å². The minimum Gasteiger partial charge on any atom is -0.497 e. The van der Waals surface area contributed by atoms with E-state index in [1.807, 2.05) is 4.90 Å². The van der Waals surface area contributed by atoms with E-state index in [4.69, 9.17) is 4.74 Å². The first-order valence-electron chi connectivity index (χ1n) is 11.0. The number of sulfone groups is 1. The lowest BCUT2D eigenvalue weighted by Crippen LogP contribution is -2.46. The molecule has 0 saturated carbocycles. The highest BCUT2D eigenvalue weighted by atomic mass is 32.2. The molecular formula is C24H28FN3O4S. The van der Waals surface area contributed by atoms with Crippen molar-refractivity contribution in [3.63, 3.8) is 0 Å². The Bertz CT molecular complexity index is 1330. The third-order valence-corrected chi connectivity index (χ3v) is 7.90. The lowest BCUT2D eigenvalue weighted by atomic mass is 10.1. The zero-order valence-electron chi connectivity index (χ0n) is 19.0. The number of aromatic nitrogens is 1. The van der Waals surface area contributed by atoms with Crippen molar-refractivity contribution in [2.24, 2.45) is 7.05 Å². The monoisotopic (exact) mass is 473 g/mol. The Morgan fingerprint density at radius 1 is 1.06 bits per heavy atom. The Labute approximate surface area is 192 Å². The number of anilines is 1. The maximum absolute atomic E-state index is 15.1. The molecule has 33 heavy (non-hydrogen) atoms. The Morgan fingerprint density at radius 2 is 1.73 bits per heavy atom. The van der Waals surface area contributed by atoms with E-state index < -0.39 is 21.1 Å². The van der Waals surface area contributed by atoms with Gasteiger partial charge in [-0.05, 0) is 49.4 Å². The third kappa shape index (κ3) is 4.35. The van der Waals surface area contributed by atoms with Crippen LogP contribution in [0.5, 0.6) is 5.75 Å². The van der Waals surface area contributed by atoms with Gasteiger partial charge in [0.25, 0.3) is 0 Å². The standard InChI is InChI=1S/C24H28FN3O4S/c1-4-9-27-10-12-28(13-11-27)22-15-21-19(14-20(22)25)24(29)23(16-26(21)2)33(30,31)18-7-5-17(32-3)6-8-18/h5-8,14-16H,4,9-13H2,1-3H3. The summed E-state index contributed by atoms with van der Waals surface area (Å²) in [7, 11) is -0.946. The molecule has 2 heterocycles. The van der Waals surface area contributed by atoms with Gasteiger partial charge in [0.1, 0.15) is 16.5 Å². The van der Waals surface area contributed by atoms with Gasteiger partial charge in [0, 0.05) is 39.4 Å². The predicted molar refractivity (Wildman–Crippen MR) is 127 cm³/mol. The van der Waals surface area contributed by atoms with Gasteiger partial charge < -0.3 is 14.2 Å². The molecule has 1 fully saturated rings. The predicted octanol–water partition coefficient (Wildman–Crippen LogP) is 3.05. The number of ether oxygens (including phenoxy) is 1. The van der Waals surface area contributed by atoms with E-state index in [-0.39, 0.29) is 15.2 Å². The van der Waals surface area contributed by atoms with Crippen molar-refractivity contribution in [2.45, 2.75) is 23.1 Å². The highest BCUT2D eigenvalue weighted by Gasteiger charge is 2.25. The summed E-state index contributed by atoms with van der Waals surface area (Å²) >= 11 is 0. The van der Waals surface area contributed by atoms with Crippen LogP contribution in [0.15, 0.2) is 57.2 Å². The number of halogens is 1. The van der Waals surface area contributed by atoms with Crippen molar-refractivity contribution < 1.29 is 17.5 Å². The van der Waals surface area contributed by atoms with Crippen molar-refractivity contribution in [1.29, 1.82) is 0 Å². The summed E-state index contributed by atoms with van der Waals surface area (Å²) in [6.45, 7) is 6.25. The van der Waals surface area contributed by atoms with Crippen molar-refractivity contribution in [3.8, 4) is 5.75 Å². The van der Waals surface area contributed by atoms with Gasteiger partial charge >= 0.3 is 0 Å². The number of hydrogen-bond donors (Lipinski definition) is 0. The van der Waals surface area contributed by atoms with E-state index in [0.717, 1.165) is 26.1 Å². The fourth-order valence-electron chi connectivity index (χ4n) is 4.31. The van der Waals surface area contributed by atoms with Gasteiger partial charge in [0.05, 0.1) is 28.6 Å². The molecule has 0 N–H and O–H groups in total. The van der Waals surface area contributed by atoms with Crippen molar-refractivity contribution in [2.75, 3.05) is 44.7 Å². The minimum absolute atomic E-state index is 0.0261. The molecule has 3 aromatic rings. The Hall–Kier alpha value is -2.91. The summed E-state index contributed by atoms with van der Waals surface area (Å²) in [5.41, 5.74) is 0.206. The number of nitrogens with zero attached hydrogens (tertiary/aromatic N) is 3. The molecule has 0 radical (unpaired) electrons. The summed E-state index contributed by atoms with van der Waals surface area (Å²) in [6, 6.07) is 8.62. The lowest BCUT2D eigenvalue weighted by Gasteiger charge is -2.36. The molecule has 0 atom stereocenters. The van der Waals surface area contributed by atoms with Gasteiger partial charge in [-0.2, -0.15) is 0 Å². The Kier molecular flexibility index (Phi) is 6.45. The van der Waals surface area contributed by atoms with Gasteiger partial charge in [-0.3, -0.25) is 9.69 Å². The van der Waals surface area contributed by atoms with Gasteiger partial charge in [0.15, 0.2) is 0 Å². The van der Waals surface area contributed by atoms with Crippen LogP contribution in [0, 0.1) is 5.82 Å². The van der Waals surface area contributed by atoms with E-state index in [0.29, 0.717) is 30.0 Å². The Morgan fingerprint density at radius 3 is 2.33 bits per heavy atom. The summed E-state index contributed by atoms with van der Waals surface area (Å²) in [6.07, 6.45) is 2.39. The van der Waals surface area contributed by atoms with E-state index in [1.54, 1.807) is 17.7 Å². The number of benzene rings is 2. The second-order valence-electron chi connectivity index (χ2n) is 8.26. The van der Waals surface area contributed by atoms with E-state index in [1.165, 1.54) is 43.6 Å². The van der Waals surface area contributed by atoms with Crippen LogP contribution in [0.3, 0.4) is 0 Å². The number of methoxy groups -OCH3 is 1. The molecule has 9 heteroatoms. The van der Waals surface area contributed by atoms with Crippen LogP contribution >= 0.6 is 0 Å². The van der Waals surface area contributed by atoms with Crippen LogP contribution in [-0.2, 0) is 16.9 Å². The second-order valence-corrected chi connectivity index (χ2v) is 10.2. The van der Waals surface area contributed by atoms with E-state index >= 15 is 4.39 Å². The summed E-state index contributed by atoms with van der Waals surface area (Å²) in [5, 5.41) is 0.0398. The number of fused-ring (bicyclic) bond motifs is 1. The van der Waals surface area contributed by atoms with Gasteiger partial charge in [-0.25, -0.2) is 12.8 Å². The van der Waals surface area contributed by atoms with Crippen LogP contribution in [0.2, 0.25) is 0 Å². The maximum atomic E-state index is 15.1. The lowest BCUT2D eigenvalue weighted by molar-refractivity contribution is 0.258. The average molecular weight is 474 g/mol. The highest BCUT2D eigenvalue weighted by molar-refractivity contribution is 7.91. The first-order valence-corrected chi connectivity index (χ1v) is 12.4. The molecule has 0 spiro atoms. The van der Waals surface area contributed by atoms with Gasteiger partial charge in [-0.15, -0.1) is 0 Å². The number of rotatable bonds is 6. The molecule has 4 rings (SSSR count). The van der Waals surface area contributed by atoms with Gasteiger partial charge in [0.2, 0.25) is 15.3 Å². The second kappa shape index (κ2) is 9.15. The first-order chi connectivity index (χ1) is 15.8. The molecule has 1 aromatic heterocycles. The summed E-state index contributed by atoms with van der Waals surface area (Å²) in [5.74, 6) is -0.0203. The number of pyridine rings is 1. The SMILES string of the molecule is CCCN1CCN(c2cc3c(cc2F)c(=O)c(S(=O)(=O)c2ccc(OC)cc2)cn3C)CC1. The van der Waals surface area contributed by atoms with Crippen LogP contribution < -0.4 is 15.1 Å². The normalized spacial score (nSPS) is 15.2. The van der Waals surface area contributed by atoms with Crippen molar-refractivity contribution in [1.82, 2.24) is 9.47 Å². The van der Waals surface area contributed by atoms with Crippen molar-refractivity contribution in [3.05, 3.63) is 58.6 Å². The minimum atomic E-state index is -4.09. The number of piperazine rings is 1. The van der Waals surface area contributed by atoms with Crippen LogP contribution in [-0.4, -0.2) is 57.7 Å². The van der Waals surface area contributed by atoms with E-state index in [2.05, 4.69) is 11.8 Å². The zero-order chi connectivity index (χ0) is 23.8. The fourth-order valence-corrected chi connectivity index (χ4v) is 5.70. The molecule has 176 valence electrons. The number of aryl methyl sites for hydroxylation is 1. The summed E-state index contributed by atoms with van der Waals surface area (Å²) < 4.78 is 48.1. The zero-order valence-corrected chi connectivity index (χ0v) is 19.9. The molecule has 1 aliphatic heterocycles. The van der Waals surface area contributed by atoms with Crippen LogP contribution in [0.4, 0.5) is 10.1 Å². The largest absolute Gasteiger partial charge is 0.497 e. The molecule has 0 aliphatic carbocycles. The molecule has 0 unspecified atom stereocenters. The molecule has 1 aliphatic rings. The molecule has 2 aromatic carbocycles.